The summed E-state index contributed by atoms with van der Waals surface area (Å²) in [6.07, 6.45) is 11.6. The minimum Gasteiger partial charge on any atom is -0.302 e. The smallest absolute Gasteiger partial charge is 0.0109 e. The Kier molecular flexibility index (Phi) is 5.64. The number of hydrogen-bond donors (Lipinski definition) is 0. The normalized spacial score (nSPS) is 26.2. The zero-order valence-corrected chi connectivity index (χ0v) is 10.8. The van der Waals surface area contributed by atoms with Gasteiger partial charge in [0.25, 0.3) is 0 Å². The maximum Gasteiger partial charge on any atom is 0.0109 e. The van der Waals surface area contributed by atoms with Crippen LogP contribution >= 0.6 is 0 Å². The lowest BCUT2D eigenvalue weighted by molar-refractivity contribution is 0.211. The van der Waals surface area contributed by atoms with Crippen molar-refractivity contribution < 1.29 is 0 Å². The van der Waals surface area contributed by atoms with Crippen molar-refractivity contribution in [1.82, 2.24) is 9.80 Å². The third kappa shape index (κ3) is 4.42. The molecule has 0 bridgehead atoms. The van der Waals surface area contributed by atoms with E-state index in [1.807, 2.05) is 0 Å². The quantitative estimate of drug-likeness (QED) is 0.727. The Morgan fingerprint density at radius 2 is 0.750 bits per heavy atom. The molecule has 2 heteroatoms. The van der Waals surface area contributed by atoms with Gasteiger partial charge >= 0.3 is 0 Å². The van der Waals surface area contributed by atoms with Crippen LogP contribution < -0.4 is 0 Å². The highest BCUT2D eigenvalue weighted by molar-refractivity contribution is 4.68. The van der Waals surface area contributed by atoms with Crippen LogP contribution in [0.2, 0.25) is 0 Å². The fourth-order valence-corrected chi connectivity index (χ4v) is 3.00. The van der Waals surface area contributed by atoms with Gasteiger partial charge in [-0.05, 0) is 51.9 Å². The first kappa shape index (κ1) is 12.4. The number of rotatable bonds is 3. The van der Waals surface area contributed by atoms with Crippen LogP contribution in [0.1, 0.15) is 51.4 Å². The van der Waals surface area contributed by atoms with Gasteiger partial charge in [-0.2, -0.15) is 0 Å². The molecule has 0 radical (unpaired) electrons. The predicted molar refractivity (Wildman–Crippen MR) is 69.8 cm³/mol. The van der Waals surface area contributed by atoms with Gasteiger partial charge in [0.1, 0.15) is 0 Å². The molecule has 2 aliphatic rings. The minimum atomic E-state index is 1.32. The van der Waals surface area contributed by atoms with E-state index < -0.39 is 0 Å². The summed E-state index contributed by atoms with van der Waals surface area (Å²) in [6, 6.07) is 0. The molecule has 0 amide bonds. The molecule has 2 fully saturated rings. The molecule has 0 aromatic heterocycles. The molecule has 2 heterocycles. The van der Waals surface area contributed by atoms with Gasteiger partial charge in [-0.3, -0.25) is 0 Å². The Morgan fingerprint density at radius 3 is 1.06 bits per heavy atom. The zero-order valence-electron chi connectivity index (χ0n) is 10.8. The van der Waals surface area contributed by atoms with E-state index in [1.165, 1.54) is 90.6 Å². The topological polar surface area (TPSA) is 6.48 Å². The van der Waals surface area contributed by atoms with E-state index in [4.69, 9.17) is 0 Å². The summed E-state index contributed by atoms with van der Waals surface area (Å²) in [5.74, 6) is 0. The van der Waals surface area contributed by atoms with Crippen LogP contribution in [0.25, 0.3) is 0 Å². The van der Waals surface area contributed by atoms with Gasteiger partial charge in [0.2, 0.25) is 0 Å². The van der Waals surface area contributed by atoms with Crippen LogP contribution in [0.15, 0.2) is 0 Å². The van der Waals surface area contributed by atoms with E-state index in [2.05, 4.69) is 9.80 Å². The second-order valence-corrected chi connectivity index (χ2v) is 5.51. The summed E-state index contributed by atoms with van der Waals surface area (Å²) in [6.45, 7) is 8.06. The van der Waals surface area contributed by atoms with Crippen molar-refractivity contribution in [1.29, 1.82) is 0 Å². The van der Waals surface area contributed by atoms with Crippen LogP contribution in [0.4, 0.5) is 0 Å². The minimum absolute atomic E-state index is 1.32. The number of likely N-dealkylation sites (tertiary alicyclic amines) is 2. The monoisotopic (exact) mass is 224 g/mol. The first-order chi connectivity index (χ1) is 7.95. The Labute approximate surface area is 101 Å². The molecule has 2 rings (SSSR count). The van der Waals surface area contributed by atoms with Crippen molar-refractivity contribution in [2.75, 3.05) is 39.3 Å². The summed E-state index contributed by atoms with van der Waals surface area (Å²) in [5.41, 5.74) is 0. The first-order valence-electron chi connectivity index (χ1n) is 7.40. The second kappa shape index (κ2) is 7.29. The Hall–Kier alpha value is -0.0800. The van der Waals surface area contributed by atoms with Crippen molar-refractivity contribution in [3.63, 3.8) is 0 Å². The SMILES string of the molecule is C1CCCN(CCN2CCCCCC2)CC1. The average molecular weight is 224 g/mol. The van der Waals surface area contributed by atoms with Crippen molar-refractivity contribution >= 4 is 0 Å². The summed E-state index contributed by atoms with van der Waals surface area (Å²) in [4.78, 5) is 5.38. The average Bonchev–Trinajstić information content (AvgIpc) is 2.71. The van der Waals surface area contributed by atoms with Crippen molar-refractivity contribution in [3.8, 4) is 0 Å². The van der Waals surface area contributed by atoms with Gasteiger partial charge in [0.05, 0.1) is 0 Å². The van der Waals surface area contributed by atoms with Crippen molar-refractivity contribution in [3.05, 3.63) is 0 Å². The van der Waals surface area contributed by atoms with Crippen molar-refractivity contribution in [2.45, 2.75) is 51.4 Å². The lowest BCUT2D eigenvalue weighted by Gasteiger charge is -2.25. The van der Waals surface area contributed by atoms with Crippen LogP contribution in [0, 0.1) is 0 Å². The highest BCUT2D eigenvalue weighted by atomic mass is 15.2. The van der Waals surface area contributed by atoms with E-state index in [1.54, 1.807) is 0 Å². The standard InChI is InChI=1S/C14H28N2/c1-2-6-10-15(9-5-1)13-14-16-11-7-3-4-8-12-16/h1-14H2. The number of hydrogen-bond acceptors (Lipinski definition) is 2. The largest absolute Gasteiger partial charge is 0.302 e. The van der Waals surface area contributed by atoms with Crippen molar-refractivity contribution in [2.24, 2.45) is 0 Å². The molecule has 0 atom stereocenters. The van der Waals surface area contributed by atoms with Gasteiger partial charge in [-0.1, -0.05) is 25.7 Å². The maximum absolute atomic E-state index is 2.69. The van der Waals surface area contributed by atoms with E-state index in [0.717, 1.165) is 0 Å². The van der Waals surface area contributed by atoms with Crippen LogP contribution in [-0.4, -0.2) is 49.1 Å². The van der Waals surface area contributed by atoms with Crippen LogP contribution in [0.5, 0.6) is 0 Å². The summed E-state index contributed by atoms with van der Waals surface area (Å²) in [7, 11) is 0. The molecule has 16 heavy (non-hydrogen) atoms. The molecule has 0 aromatic carbocycles. The lowest BCUT2D eigenvalue weighted by atomic mass is 10.2. The molecule has 0 aromatic rings. The summed E-state index contributed by atoms with van der Waals surface area (Å²) in [5, 5.41) is 0. The van der Waals surface area contributed by atoms with Gasteiger partial charge in [0, 0.05) is 13.1 Å². The summed E-state index contributed by atoms with van der Waals surface area (Å²) < 4.78 is 0. The molecule has 2 saturated heterocycles. The Balaban J connectivity index is 1.64. The highest BCUT2D eigenvalue weighted by Gasteiger charge is 2.12. The molecule has 0 spiro atoms. The lowest BCUT2D eigenvalue weighted by Crippen LogP contribution is -2.36. The molecular formula is C14H28N2. The molecule has 2 aliphatic heterocycles. The molecule has 94 valence electrons. The molecule has 0 unspecified atom stereocenters. The van der Waals surface area contributed by atoms with E-state index in [9.17, 15) is 0 Å². The maximum atomic E-state index is 2.69. The fraction of sp³-hybridized carbons (Fsp3) is 1.00. The van der Waals surface area contributed by atoms with E-state index in [0.29, 0.717) is 0 Å². The number of nitrogens with zero attached hydrogens (tertiary/aromatic N) is 2. The first-order valence-corrected chi connectivity index (χ1v) is 7.40. The molecule has 0 aliphatic carbocycles. The highest BCUT2D eigenvalue weighted by Crippen LogP contribution is 2.11. The van der Waals surface area contributed by atoms with Gasteiger partial charge < -0.3 is 9.80 Å². The van der Waals surface area contributed by atoms with Gasteiger partial charge in [0.15, 0.2) is 0 Å². The summed E-state index contributed by atoms with van der Waals surface area (Å²) >= 11 is 0. The molecular weight excluding hydrogens is 196 g/mol. The third-order valence-electron chi connectivity index (χ3n) is 4.13. The third-order valence-corrected chi connectivity index (χ3v) is 4.13. The van der Waals surface area contributed by atoms with Crippen LogP contribution in [0.3, 0.4) is 0 Å². The van der Waals surface area contributed by atoms with Gasteiger partial charge in [-0.15, -0.1) is 0 Å². The Bertz CT molecular complexity index is 146. The Morgan fingerprint density at radius 1 is 0.438 bits per heavy atom. The molecule has 2 nitrogen and oxygen atoms in total. The molecule has 0 saturated carbocycles. The van der Waals surface area contributed by atoms with E-state index >= 15 is 0 Å². The van der Waals surface area contributed by atoms with Gasteiger partial charge in [-0.25, -0.2) is 0 Å². The fourth-order valence-electron chi connectivity index (χ4n) is 3.00. The second-order valence-electron chi connectivity index (χ2n) is 5.51. The van der Waals surface area contributed by atoms with E-state index in [-0.39, 0.29) is 0 Å². The predicted octanol–water partition coefficient (Wildman–Crippen LogP) is 2.74. The zero-order chi connectivity index (χ0) is 11.1. The van der Waals surface area contributed by atoms with Crippen LogP contribution in [-0.2, 0) is 0 Å². The molecule has 0 N–H and O–H groups in total.